The van der Waals surface area contributed by atoms with Gasteiger partial charge in [-0.15, -0.1) is 0 Å². The average molecular weight is 350 g/mol. The minimum absolute atomic E-state index is 0.000552. The Morgan fingerprint density at radius 1 is 0.808 bits per heavy atom. The maximum atomic E-state index is 6.37. The van der Waals surface area contributed by atoms with Gasteiger partial charge in [-0.25, -0.2) is 0 Å². The van der Waals surface area contributed by atoms with Gasteiger partial charge in [-0.3, -0.25) is 0 Å². The highest BCUT2D eigenvalue weighted by atomic mass is 16.6. The molecule has 0 spiro atoms. The summed E-state index contributed by atoms with van der Waals surface area (Å²) >= 11 is 0. The Kier molecular flexibility index (Phi) is 4.51. The van der Waals surface area contributed by atoms with Crippen molar-refractivity contribution in [3.8, 4) is 16.9 Å². The Hall–Kier alpha value is -1.74. The van der Waals surface area contributed by atoms with E-state index in [1.165, 1.54) is 22.3 Å². The molecule has 0 radical (unpaired) electrons. The van der Waals surface area contributed by atoms with Crippen molar-refractivity contribution in [2.75, 3.05) is 0 Å². The zero-order valence-corrected chi connectivity index (χ0v) is 17.4. The molecule has 0 saturated carbocycles. The van der Waals surface area contributed by atoms with Crippen molar-refractivity contribution in [3.63, 3.8) is 0 Å². The Morgan fingerprint density at radius 3 is 2.04 bits per heavy atom. The lowest BCUT2D eigenvalue weighted by Crippen LogP contribution is -2.64. The zero-order valence-electron chi connectivity index (χ0n) is 17.4. The van der Waals surface area contributed by atoms with Gasteiger partial charge in [-0.2, -0.15) is 0 Å². The van der Waals surface area contributed by atoms with E-state index in [1.54, 1.807) is 0 Å². The Morgan fingerprint density at radius 2 is 1.42 bits per heavy atom. The third-order valence-electron chi connectivity index (χ3n) is 6.35. The lowest BCUT2D eigenvalue weighted by Gasteiger charge is -2.54. The summed E-state index contributed by atoms with van der Waals surface area (Å²) in [5, 5.41) is -0.0244. The Labute approximate surface area is 159 Å². The fourth-order valence-corrected chi connectivity index (χ4v) is 3.90. The number of benzene rings is 2. The normalized spacial score (nSPS) is 20.2. The summed E-state index contributed by atoms with van der Waals surface area (Å²) in [6, 6.07) is 15.0. The van der Waals surface area contributed by atoms with Crippen molar-refractivity contribution in [1.82, 2.24) is 0 Å². The average Bonchev–Trinajstić information content (AvgIpc) is 2.85. The SMILES string of the molecule is CC.CC1(C)c2ccccc2-c2c(OB3OC(C)(C)C3(C)C)cccc21. The number of hydrogen-bond donors (Lipinski definition) is 0. The molecule has 0 atom stereocenters. The van der Waals surface area contributed by atoms with E-state index < -0.39 is 0 Å². The van der Waals surface area contributed by atoms with Crippen LogP contribution in [0.3, 0.4) is 0 Å². The molecule has 138 valence electrons. The Bertz CT molecular complexity index is 821. The molecule has 2 aliphatic rings. The molecule has 1 fully saturated rings. The van der Waals surface area contributed by atoms with Crippen LogP contribution in [-0.2, 0) is 10.1 Å². The summed E-state index contributed by atoms with van der Waals surface area (Å²) in [5.74, 6) is 0.930. The van der Waals surface area contributed by atoms with Crippen molar-refractivity contribution < 1.29 is 9.31 Å². The maximum Gasteiger partial charge on any atom is 0.534 e. The van der Waals surface area contributed by atoms with Crippen LogP contribution >= 0.6 is 0 Å². The van der Waals surface area contributed by atoms with Gasteiger partial charge in [0.2, 0.25) is 0 Å². The summed E-state index contributed by atoms with van der Waals surface area (Å²) in [6.45, 7) is 17.2. The van der Waals surface area contributed by atoms with E-state index in [-0.39, 0.29) is 23.4 Å². The van der Waals surface area contributed by atoms with Crippen molar-refractivity contribution in [3.05, 3.63) is 53.6 Å². The van der Waals surface area contributed by atoms with Gasteiger partial charge in [-0.1, -0.05) is 77.9 Å². The van der Waals surface area contributed by atoms with Crippen LogP contribution < -0.4 is 4.65 Å². The van der Waals surface area contributed by atoms with Gasteiger partial charge in [0.1, 0.15) is 5.75 Å². The van der Waals surface area contributed by atoms with Gasteiger partial charge < -0.3 is 9.31 Å². The van der Waals surface area contributed by atoms with Crippen LogP contribution in [0.4, 0.5) is 0 Å². The summed E-state index contributed by atoms with van der Waals surface area (Å²) in [6.07, 6.45) is 0. The highest BCUT2D eigenvalue weighted by Crippen LogP contribution is 2.56. The number of rotatable bonds is 2. The van der Waals surface area contributed by atoms with E-state index in [2.05, 4.69) is 84.0 Å². The molecule has 0 bridgehead atoms. The summed E-state index contributed by atoms with van der Waals surface area (Å²) < 4.78 is 12.4. The van der Waals surface area contributed by atoms with Gasteiger partial charge in [0.05, 0.1) is 5.60 Å². The molecular weight excluding hydrogens is 319 g/mol. The number of fused-ring (bicyclic) bond motifs is 3. The fraction of sp³-hybridized carbons (Fsp3) is 0.478. The van der Waals surface area contributed by atoms with Crippen molar-refractivity contribution in [2.24, 2.45) is 0 Å². The molecule has 1 saturated heterocycles. The molecular formula is C23H31BO2. The first-order valence-corrected chi connectivity index (χ1v) is 9.74. The molecule has 1 aliphatic heterocycles. The first-order chi connectivity index (χ1) is 12.2. The molecule has 4 rings (SSSR count). The van der Waals surface area contributed by atoms with Gasteiger partial charge in [0, 0.05) is 16.3 Å². The second kappa shape index (κ2) is 6.16. The van der Waals surface area contributed by atoms with Crippen LogP contribution in [0.15, 0.2) is 42.5 Å². The molecule has 2 aromatic rings. The van der Waals surface area contributed by atoms with Gasteiger partial charge in [-0.05, 0) is 36.6 Å². The fourth-order valence-electron chi connectivity index (χ4n) is 3.90. The molecule has 0 N–H and O–H groups in total. The maximum absolute atomic E-state index is 6.37. The van der Waals surface area contributed by atoms with Crippen molar-refractivity contribution in [2.45, 2.75) is 71.7 Å². The summed E-state index contributed by atoms with van der Waals surface area (Å²) in [7, 11) is -0.213. The standard InChI is InChI=1S/C21H25BO2.C2H6/c1-19(2)15-11-8-7-10-14(15)18-16(19)12-9-13-17(18)23-22-20(3,4)21(5,6)24-22;1-2/h7-13H,1-6H3;1-2H3. The number of hydrogen-bond acceptors (Lipinski definition) is 2. The minimum atomic E-state index is -0.213. The van der Waals surface area contributed by atoms with E-state index >= 15 is 0 Å². The smallest absolute Gasteiger partial charge is 0.534 e. The molecule has 26 heavy (non-hydrogen) atoms. The molecule has 2 nitrogen and oxygen atoms in total. The topological polar surface area (TPSA) is 18.5 Å². The van der Waals surface area contributed by atoms with E-state index in [9.17, 15) is 0 Å². The van der Waals surface area contributed by atoms with Crippen molar-refractivity contribution >= 4 is 7.12 Å². The van der Waals surface area contributed by atoms with Gasteiger partial charge >= 0.3 is 7.12 Å². The molecule has 1 aliphatic carbocycles. The first kappa shape index (κ1) is 19.0. The zero-order chi connectivity index (χ0) is 19.3. The highest BCUT2D eigenvalue weighted by Gasteiger charge is 2.63. The minimum Gasteiger partial charge on any atom is -0.535 e. The van der Waals surface area contributed by atoms with Gasteiger partial charge in [0.25, 0.3) is 0 Å². The lowest BCUT2D eigenvalue weighted by molar-refractivity contribution is -0.0411. The predicted octanol–water partition coefficient (Wildman–Crippen LogP) is 6.48. The third-order valence-corrected chi connectivity index (χ3v) is 6.35. The van der Waals surface area contributed by atoms with Crippen LogP contribution in [0.25, 0.3) is 11.1 Å². The molecule has 0 amide bonds. The summed E-state index contributed by atoms with van der Waals surface area (Å²) in [4.78, 5) is 0. The quantitative estimate of drug-likeness (QED) is 0.578. The second-order valence-corrected chi connectivity index (χ2v) is 8.65. The van der Waals surface area contributed by atoms with Gasteiger partial charge in [0.15, 0.2) is 0 Å². The van der Waals surface area contributed by atoms with Crippen molar-refractivity contribution in [1.29, 1.82) is 0 Å². The Balaban J connectivity index is 0.000000948. The summed E-state index contributed by atoms with van der Waals surface area (Å²) in [5.41, 5.74) is 5.04. The van der Waals surface area contributed by atoms with E-state index in [4.69, 9.17) is 9.31 Å². The predicted molar refractivity (Wildman–Crippen MR) is 111 cm³/mol. The lowest BCUT2D eigenvalue weighted by atomic mass is 9.45. The highest BCUT2D eigenvalue weighted by molar-refractivity contribution is 6.53. The molecule has 0 aromatic heterocycles. The van der Waals surface area contributed by atoms with E-state index in [1.807, 2.05) is 13.8 Å². The van der Waals surface area contributed by atoms with Crippen LogP contribution in [0, 0.1) is 0 Å². The van der Waals surface area contributed by atoms with Crippen LogP contribution in [0.1, 0.15) is 66.5 Å². The van der Waals surface area contributed by atoms with E-state index in [0.29, 0.717) is 0 Å². The second-order valence-electron chi connectivity index (χ2n) is 8.65. The van der Waals surface area contributed by atoms with E-state index in [0.717, 1.165) is 5.75 Å². The monoisotopic (exact) mass is 350 g/mol. The first-order valence-electron chi connectivity index (χ1n) is 9.74. The largest absolute Gasteiger partial charge is 0.535 e. The van der Waals surface area contributed by atoms with Crippen LogP contribution in [0.5, 0.6) is 5.75 Å². The van der Waals surface area contributed by atoms with Crippen LogP contribution in [0.2, 0.25) is 5.31 Å². The third kappa shape index (κ3) is 2.52. The molecule has 3 heteroatoms. The molecule has 2 aromatic carbocycles. The molecule has 1 heterocycles. The molecule has 0 unspecified atom stereocenters. The van der Waals surface area contributed by atoms with Crippen LogP contribution in [-0.4, -0.2) is 12.7 Å².